The highest BCUT2D eigenvalue weighted by molar-refractivity contribution is 14.1. The molecule has 3 aliphatic heterocycles. The van der Waals surface area contributed by atoms with Crippen molar-refractivity contribution in [1.29, 1.82) is 0 Å². The van der Waals surface area contributed by atoms with Gasteiger partial charge in [0, 0.05) is 28.6 Å². The van der Waals surface area contributed by atoms with Gasteiger partial charge < -0.3 is 30.1 Å². The Balaban J connectivity index is 1.56. The second-order valence-electron chi connectivity index (χ2n) is 7.24. The van der Waals surface area contributed by atoms with Gasteiger partial charge in [-0.15, -0.1) is 0 Å². The third-order valence-electron chi connectivity index (χ3n) is 5.35. The lowest BCUT2D eigenvalue weighted by molar-refractivity contribution is -0.0688. The van der Waals surface area contributed by atoms with E-state index in [1.54, 1.807) is 4.90 Å². The minimum Gasteiger partial charge on any atom is -0.394 e. The molecular formula is C15H23IN6O5. The molecule has 4 rings (SSSR count). The molecule has 3 heterocycles. The largest absolute Gasteiger partial charge is 0.394 e. The van der Waals surface area contributed by atoms with E-state index in [0.717, 1.165) is 6.42 Å². The molecule has 0 aromatic rings. The van der Waals surface area contributed by atoms with Gasteiger partial charge in [0.25, 0.3) is 0 Å². The Hall–Kier alpha value is -0.740. The standard InChI is InChI=1S/C15H23IN6O5/c16-14-19-12-11(15(17,21-14)20-6-1-2-7(24)3-6)18-5-22(12)13-10(26)9(25)8(4-23)27-13/h6-10,13,20,23-26H,1-5,17H2/t6?,7?,8-,9-,10-,13-,15?/m1/s1. The van der Waals surface area contributed by atoms with E-state index < -0.39 is 36.9 Å². The van der Waals surface area contributed by atoms with E-state index in [1.807, 2.05) is 22.6 Å². The van der Waals surface area contributed by atoms with E-state index in [9.17, 15) is 20.4 Å². The number of nitrogens with one attached hydrogen (secondary N) is 1. The number of ether oxygens (including phenoxy) is 1. The number of rotatable bonds is 4. The third kappa shape index (κ3) is 3.42. The monoisotopic (exact) mass is 494 g/mol. The van der Waals surface area contributed by atoms with Crippen LogP contribution in [0.5, 0.6) is 0 Å². The van der Waals surface area contributed by atoms with Crippen molar-refractivity contribution in [3.63, 3.8) is 0 Å². The molecular weight excluding hydrogens is 471 g/mol. The van der Waals surface area contributed by atoms with Crippen LogP contribution in [0.3, 0.4) is 0 Å². The van der Waals surface area contributed by atoms with Crippen molar-refractivity contribution in [3.05, 3.63) is 0 Å². The zero-order valence-corrected chi connectivity index (χ0v) is 16.6. The molecule has 27 heavy (non-hydrogen) atoms. The van der Waals surface area contributed by atoms with Gasteiger partial charge in [0.05, 0.1) is 12.7 Å². The zero-order chi connectivity index (χ0) is 19.3. The van der Waals surface area contributed by atoms with Crippen LogP contribution in [-0.4, -0.2) is 96.5 Å². The highest BCUT2D eigenvalue weighted by Crippen LogP contribution is 2.30. The fourth-order valence-corrected chi connectivity index (χ4v) is 4.59. The lowest BCUT2D eigenvalue weighted by Gasteiger charge is -2.35. The molecule has 2 fully saturated rings. The van der Waals surface area contributed by atoms with E-state index in [4.69, 9.17) is 10.5 Å². The van der Waals surface area contributed by atoms with Crippen molar-refractivity contribution in [3.8, 4) is 0 Å². The highest BCUT2D eigenvalue weighted by Gasteiger charge is 2.51. The van der Waals surface area contributed by atoms with Gasteiger partial charge in [-0.25, -0.2) is 9.98 Å². The van der Waals surface area contributed by atoms with E-state index in [1.165, 1.54) is 0 Å². The molecule has 12 heteroatoms. The molecule has 0 aromatic carbocycles. The summed E-state index contributed by atoms with van der Waals surface area (Å²) in [5.74, 6) is -0.881. The third-order valence-corrected chi connectivity index (χ3v) is 5.83. The van der Waals surface area contributed by atoms with Crippen LogP contribution in [0.4, 0.5) is 0 Å². The Morgan fingerprint density at radius 2 is 2.07 bits per heavy atom. The van der Waals surface area contributed by atoms with Gasteiger partial charge in [0.2, 0.25) is 5.79 Å². The fourth-order valence-electron chi connectivity index (χ4n) is 3.98. The summed E-state index contributed by atoms with van der Waals surface area (Å²) in [6, 6.07) is 0.00274. The summed E-state index contributed by atoms with van der Waals surface area (Å²) in [6.45, 7) is -0.276. The van der Waals surface area contributed by atoms with E-state index in [-0.39, 0.29) is 18.8 Å². The molecule has 1 aliphatic carbocycles. The van der Waals surface area contributed by atoms with Gasteiger partial charge in [-0.1, -0.05) is 0 Å². The SMILES string of the molecule is NC1(NC2CCC(O)C2)N=C(I)N=C2C1=NCN2[C@@H]1O[C@H](CO)[C@@H](O)[C@H]1O. The van der Waals surface area contributed by atoms with Crippen LogP contribution in [0.1, 0.15) is 19.3 Å². The van der Waals surface area contributed by atoms with Gasteiger partial charge in [0.1, 0.15) is 30.7 Å². The van der Waals surface area contributed by atoms with Crippen LogP contribution in [0, 0.1) is 0 Å². The van der Waals surface area contributed by atoms with Crippen molar-refractivity contribution in [2.24, 2.45) is 20.7 Å². The fraction of sp³-hybridized carbons (Fsp3) is 0.800. The molecule has 4 aliphatic rings. The maximum absolute atomic E-state index is 10.3. The molecule has 1 saturated heterocycles. The Morgan fingerprint density at radius 3 is 2.70 bits per heavy atom. The molecule has 0 spiro atoms. The van der Waals surface area contributed by atoms with Crippen molar-refractivity contribution in [1.82, 2.24) is 10.2 Å². The molecule has 7 atom stereocenters. The molecule has 0 aromatic heterocycles. The first kappa shape index (κ1) is 19.6. The summed E-state index contributed by atoms with van der Waals surface area (Å²) in [5.41, 5.74) is 6.94. The number of aliphatic imine (C=N–C) groups is 3. The number of aliphatic hydroxyl groups excluding tert-OH is 4. The van der Waals surface area contributed by atoms with Crippen LogP contribution in [0.25, 0.3) is 0 Å². The minimum atomic E-state index is -1.30. The predicted molar refractivity (Wildman–Crippen MR) is 104 cm³/mol. The average molecular weight is 494 g/mol. The van der Waals surface area contributed by atoms with Gasteiger partial charge >= 0.3 is 0 Å². The van der Waals surface area contributed by atoms with Gasteiger partial charge in [-0.2, -0.15) is 0 Å². The van der Waals surface area contributed by atoms with Gasteiger partial charge in [-0.05, 0) is 19.3 Å². The van der Waals surface area contributed by atoms with Crippen LogP contribution in [0.2, 0.25) is 0 Å². The number of hydrogen-bond donors (Lipinski definition) is 6. The number of amidine groups is 2. The molecule has 11 nitrogen and oxygen atoms in total. The second-order valence-corrected chi connectivity index (χ2v) is 8.20. The summed E-state index contributed by atoms with van der Waals surface area (Å²) in [4.78, 5) is 14.9. The number of nitrogens with zero attached hydrogens (tertiary/aromatic N) is 4. The van der Waals surface area contributed by atoms with Crippen molar-refractivity contribution in [2.45, 2.75) is 61.7 Å². The van der Waals surface area contributed by atoms with Crippen molar-refractivity contribution < 1.29 is 25.2 Å². The van der Waals surface area contributed by atoms with Crippen LogP contribution < -0.4 is 11.1 Å². The quantitative estimate of drug-likeness (QED) is 0.141. The summed E-state index contributed by atoms with van der Waals surface area (Å²) >= 11 is 1.96. The minimum absolute atomic E-state index is 0.00274. The van der Waals surface area contributed by atoms with Crippen LogP contribution in [0.15, 0.2) is 15.0 Å². The number of nitrogens with two attached hydrogens (primary N) is 1. The summed E-state index contributed by atoms with van der Waals surface area (Å²) in [7, 11) is 0. The van der Waals surface area contributed by atoms with Crippen LogP contribution >= 0.6 is 22.6 Å². The first-order valence-corrected chi connectivity index (χ1v) is 9.93. The van der Waals surface area contributed by atoms with Crippen LogP contribution in [-0.2, 0) is 4.74 Å². The average Bonchev–Trinajstić information content (AvgIpc) is 3.27. The normalized spacial score (nSPS) is 44.2. The molecule has 0 amide bonds. The Morgan fingerprint density at radius 1 is 1.30 bits per heavy atom. The molecule has 3 unspecified atom stereocenters. The number of halogens is 1. The Bertz CT molecular complexity index is 704. The maximum atomic E-state index is 10.3. The molecule has 1 saturated carbocycles. The van der Waals surface area contributed by atoms with Crippen molar-refractivity contribution in [2.75, 3.05) is 13.3 Å². The molecule has 150 valence electrons. The lowest BCUT2D eigenvalue weighted by atomic mass is 10.1. The van der Waals surface area contributed by atoms with Gasteiger partial charge in [-0.3, -0.25) is 16.0 Å². The first-order chi connectivity index (χ1) is 12.8. The number of aliphatic hydroxyl groups is 4. The summed E-state index contributed by atoms with van der Waals surface area (Å²) in [5, 5.41) is 42.7. The number of fused-ring (bicyclic) bond motifs is 1. The lowest BCUT2D eigenvalue weighted by Crippen LogP contribution is -2.65. The van der Waals surface area contributed by atoms with E-state index in [2.05, 4.69) is 20.3 Å². The second kappa shape index (κ2) is 7.26. The summed E-state index contributed by atoms with van der Waals surface area (Å²) in [6.07, 6.45) is -2.50. The van der Waals surface area contributed by atoms with Gasteiger partial charge in [0.15, 0.2) is 15.9 Å². The summed E-state index contributed by atoms with van der Waals surface area (Å²) < 4.78 is 6.01. The molecule has 7 N–H and O–H groups in total. The molecule has 0 bridgehead atoms. The number of hydrogen-bond acceptors (Lipinski definition) is 11. The topological polar surface area (TPSA) is 169 Å². The first-order valence-electron chi connectivity index (χ1n) is 8.85. The maximum Gasteiger partial charge on any atom is 0.212 e. The predicted octanol–water partition coefficient (Wildman–Crippen LogP) is -2.54. The van der Waals surface area contributed by atoms with Crippen molar-refractivity contribution >= 4 is 38.0 Å². The highest BCUT2D eigenvalue weighted by atomic mass is 127. The molecule has 0 radical (unpaired) electrons. The van der Waals surface area contributed by atoms with E-state index in [0.29, 0.717) is 28.2 Å². The zero-order valence-electron chi connectivity index (χ0n) is 14.4. The smallest absolute Gasteiger partial charge is 0.212 e. The Kier molecular flexibility index (Phi) is 5.26. The Labute approximate surface area is 169 Å². The van der Waals surface area contributed by atoms with E-state index >= 15 is 0 Å².